The molecule has 1 aromatic rings. The number of carbonyl (C=O) groups is 1. The van der Waals surface area contributed by atoms with Gasteiger partial charge in [0, 0.05) is 43.7 Å². The van der Waals surface area contributed by atoms with Crippen LogP contribution in [0.1, 0.15) is 33.3 Å². The maximum atomic E-state index is 12.5. The van der Waals surface area contributed by atoms with E-state index in [9.17, 15) is 4.79 Å². The van der Waals surface area contributed by atoms with Crippen molar-refractivity contribution in [2.75, 3.05) is 49.5 Å². The molecule has 0 spiro atoms. The number of nitrogens with one attached hydrogen (secondary N) is 1. The van der Waals surface area contributed by atoms with Crippen molar-refractivity contribution in [1.29, 1.82) is 0 Å². The molecule has 1 amide bonds. The van der Waals surface area contributed by atoms with Gasteiger partial charge in [-0.2, -0.15) is 11.8 Å². The van der Waals surface area contributed by atoms with E-state index < -0.39 is 0 Å². The van der Waals surface area contributed by atoms with Gasteiger partial charge in [-0.15, -0.1) is 0 Å². The summed E-state index contributed by atoms with van der Waals surface area (Å²) in [6.07, 6.45) is 0.506. The van der Waals surface area contributed by atoms with Crippen LogP contribution in [0, 0.1) is 5.92 Å². The van der Waals surface area contributed by atoms with E-state index in [1.54, 1.807) is 0 Å². The summed E-state index contributed by atoms with van der Waals surface area (Å²) in [6, 6.07) is 8.80. The predicted molar refractivity (Wildman–Crippen MR) is 114 cm³/mol. The Labute approximate surface area is 163 Å². The Bertz CT molecular complexity index is 539. The van der Waals surface area contributed by atoms with E-state index in [1.165, 1.54) is 5.75 Å². The van der Waals surface area contributed by atoms with Crippen LogP contribution in [0.15, 0.2) is 24.3 Å². The van der Waals surface area contributed by atoms with E-state index in [0.717, 1.165) is 55.6 Å². The number of carbonyl (C=O) groups excluding carboxylic acids is 1. The maximum absolute atomic E-state index is 12.5. The first-order valence-corrected chi connectivity index (χ1v) is 11.1. The molecule has 0 saturated carbocycles. The normalized spacial score (nSPS) is 16.7. The number of amides is 1. The van der Waals surface area contributed by atoms with Crippen LogP contribution in [0.4, 0.5) is 5.69 Å². The van der Waals surface area contributed by atoms with Crippen molar-refractivity contribution in [2.45, 2.75) is 40.2 Å². The summed E-state index contributed by atoms with van der Waals surface area (Å²) in [7, 11) is 0. The lowest BCUT2D eigenvalue weighted by Gasteiger charge is -2.34. The molecule has 1 N–H and O–H groups in total. The SMILES string of the molecule is CCN1CCN(C(=O)Cc2ccc(N[C@H](C)CSCC(C)C)cc2)CC1. The molecule has 0 radical (unpaired) electrons. The largest absolute Gasteiger partial charge is 0.382 e. The smallest absolute Gasteiger partial charge is 0.227 e. The van der Waals surface area contributed by atoms with Crippen LogP contribution < -0.4 is 5.32 Å². The Morgan fingerprint density at radius 2 is 1.73 bits per heavy atom. The molecule has 5 heteroatoms. The summed E-state index contributed by atoms with van der Waals surface area (Å²) < 4.78 is 0. The van der Waals surface area contributed by atoms with E-state index in [2.05, 4.69) is 62.2 Å². The highest BCUT2D eigenvalue weighted by atomic mass is 32.2. The molecular formula is C21H35N3OS. The number of thioether (sulfide) groups is 1. The monoisotopic (exact) mass is 377 g/mol. The lowest BCUT2D eigenvalue weighted by Crippen LogP contribution is -2.48. The van der Waals surface area contributed by atoms with Crippen molar-refractivity contribution in [1.82, 2.24) is 9.80 Å². The fraction of sp³-hybridized carbons (Fsp3) is 0.667. The van der Waals surface area contributed by atoms with Crippen molar-refractivity contribution in [3.05, 3.63) is 29.8 Å². The van der Waals surface area contributed by atoms with Crippen molar-refractivity contribution in [3.63, 3.8) is 0 Å². The molecule has 1 aliphatic rings. The van der Waals surface area contributed by atoms with Gasteiger partial charge in [0.25, 0.3) is 0 Å². The van der Waals surface area contributed by atoms with Crippen LogP contribution in [0.2, 0.25) is 0 Å². The number of rotatable bonds is 9. The quantitative estimate of drug-likeness (QED) is 0.713. The average Bonchev–Trinajstić information content (AvgIpc) is 2.63. The van der Waals surface area contributed by atoms with Crippen LogP contribution in [0.3, 0.4) is 0 Å². The Morgan fingerprint density at radius 3 is 2.31 bits per heavy atom. The van der Waals surface area contributed by atoms with Gasteiger partial charge in [-0.3, -0.25) is 4.79 Å². The minimum Gasteiger partial charge on any atom is -0.382 e. The molecule has 2 rings (SSSR count). The second-order valence-electron chi connectivity index (χ2n) is 7.67. The predicted octanol–water partition coefficient (Wildman–Crippen LogP) is 3.58. The number of piperazine rings is 1. The van der Waals surface area contributed by atoms with E-state index in [1.807, 2.05) is 16.7 Å². The topological polar surface area (TPSA) is 35.6 Å². The van der Waals surface area contributed by atoms with Crippen LogP contribution in [0.25, 0.3) is 0 Å². The van der Waals surface area contributed by atoms with Gasteiger partial charge in [0.05, 0.1) is 6.42 Å². The minimum atomic E-state index is 0.250. The highest BCUT2D eigenvalue weighted by Gasteiger charge is 2.20. The number of nitrogens with zero attached hydrogens (tertiary/aromatic N) is 2. The Hall–Kier alpha value is -1.20. The highest BCUT2D eigenvalue weighted by molar-refractivity contribution is 7.99. The lowest BCUT2D eigenvalue weighted by molar-refractivity contribution is -0.132. The first-order valence-electron chi connectivity index (χ1n) is 9.91. The summed E-state index contributed by atoms with van der Waals surface area (Å²) in [4.78, 5) is 16.9. The second-order valence-corrected chi connectivity index (χ2v) is 8.74. The first kappa shape index (κ1) is 21.1. The molecule has 1 saturated heterocycles. The number of hydrogen-bond acceptors (Lipinski definition) is 4. The minimum absolute atomic E-state index is 0.250. The van der Waals surface area contributed by atoms with Gasteiger partial charge in [0.1, 0.15) is 0 Å². The second kappa shape index (κ2) is 10.8. The number of likely N-dealkylation sites (N-methyl/N-ethyl adjacent to an activating group) is 1. The summed E-state index contributed by atoms with van der Waals surface area (Å²) >= 11 is 2.00. The molecule has 0 aromatic heterocycles. The Kier molecular flexibility index (Phi) is 8.79. The molecule has 1 atom stereocenters. The van der Waals surface area contributed by atoms with Gasteiger partial charge in [0.15, 0.2) is 0 Å². The average molecular weight is 378 g/mol. The standard InChI is InChI=1S/C21H35N3OS/c1-5-23-10-12-24(13-11-23)21(25)14-19-6-8-20(9-7-19)22-18(4)16-26-15-17(2)3/h6-9,17-18,22H,5,10-16H2,1-4H3/t18-/m1/s1. The number of anilines is 1. The van der Waals surface area contributed by atoms with Crippen molar-refractivity contribution in [2.24, 2.45) is 5.92 Å². The molecule has 1 aliphatic heterocycles. The third kappa shape index (κ3) is 7.20. The molecule has 1 fully saturated rings. The highest BCUT2D eigenvalue weighted by Crippen LogP contribution is 2.15. The molecule has 0 bridgehead atoms. The molecule has 0 aliphatic carbocycles. The lowest BCUT2D eigenvalue weighted by atomic mass is 10.1. The molecule has 0 unspecified atom stereocenters. The van der Waals surface area contributed by atoms with Crippen LogP contribution >= 0.6 is 11.8 Å². The summed E-state index contributed by atoms with van der Waals surface area (Å²) in [6.45, 7) is 13.7. The first-order chi connectivity index (χ1) is 12.5. The van der Waals surface area contributed by atoms with Gasteiger partial charge < -0.3 is 15.1 Å². The fourth-order valence-corrected chi connectivity index (χ4v) is 4.17. The van der Waals surface area contributed by atoms with E-state index in [0.29, 0.717) is 12.5 Å². The molecule has 26 heavy (non-hydrogen) atoms. The number of benzene rings is 1. The third-order valence-corrected chi connectivity index (χ3v) is 6.35. The zero-order valence-corrected chi connectivity index (χ0v) is 17.6. The van der Waals surface area contributed by atoms with Gasteiger partial charge in [-0.25, -0.2) is 0 Å². The fourth-order valence-electron chi connectivity index (χ4n) is 3.13. The zero-order valence-electron chi connectivity index (χ0n) is 16.8. The van der Waals surface area contributed by atoms with Crippen molar-refractivity contribution in [3.8, 4) is 0 Å². The molecule has 4 nitrogen and oxygen atoms in total. The molecule has 1 aromatic carbocycles. The van der Waals surface area contributed by atoms with Crippen LogP contribution in [0.5, 0.6) is 0 Å². The Morgan fingerprint density at radius 1 is 1.08 bits per heavy atom. The number of hydrogen-bond donors (Lipinski definition) is 1. The van der Waals surface area contributed by atoms with Crippen LogP contribution in [-0.2, 0) is 11.2 Å². The Balaban J connectivity index is 1.75. The molecular weight excluding hydrogens is 342 g/mol. The van der Waals surface area contributed by atoms with Gasteiger partial charge in [-0.1, -0.05) is 32.9 Å². The summed E-state index contributed by atoms with van der Waals surface area (Å²) in [5, 5.41) is 3.55. The van der Waals surface area contributed by atoms with Gasteiger partial charge in [0.2, 0.25) is 5.91 Å². The van der Waals surface area contributed by atoms with E-state index >= 15 is 0 Å². The summed E-state index contributed by atoms with van der Waals surface area (Å²) in [5.41, 5.74) is 2.23. The zero-order chi connectivity index (χ0) is 18.9. The molecule has 146 valence electrons. The van der Waals surface area contributed by atoms with Gasteiger partial charge in [-0.05, 0) is 42.8 Å². The maximum Gasteiger partial charge on any atom is 0.227 e. The molecule has 1 heterocycles. The van der Waals surface area contributed by atoms with E-state index in [4.69, 9.17) is 0 Å². The summed E-state index contributed by atoms with van der Waals surface area (Å²) in [5.74, 6) is 3.32. The van der Waals surface area contributed by atoms with E-state index in [-0.39, 0.29) is 5.91 Å². The van der Waals surface area contributed by atoms with Crippen molar-refractivity contribution >= 4 is 23.4 Å². The van der Waals surface area contributed by atoms with Gasteiger partial charge >= 0.3 is 0 Å². The van der Waals surface area contributed by atoms with Crippen LogP contribution in [-0.4, -0.2) is 66.0 Å². The third-order valence-electron chi connectivity index (χ3n) is 4.71. The van der Waals surface area contributed by atoms with Crippen molar-refractivity contribution < 1.29 is 4.79 Å².